The van der Waals surface area contributed by atoms with Gasteiger partial charge in [0, 0.05) is 12.6 Å². The van der Waals surface area contributed by atoms with Gasteiger partial charge in [0.1, 0.15) is 0 Å². The topological polar surface area (TPSA) is 48.0 Å². The number of methoxy groups -OCH3 is 3. The second-order valence-electron chi connectivity index (χ2n) is 6.43. The van der Waals surface area contributed by atoms with Gasteiger partial charge < -0.3 is 19.1 Å². The van der Waals surface area contributed by atoms with Crippen molar-refractivity contribution in [3.63, 3.8) is 0 Å². The molecule has 1 aliphatic rings. The summed E-state index contributed by atoms with van der Waals surface area (Å²) in [6, 6.07) is 12.1. The monoisotopic (exact) mass is 355 g/mol. The molecule has 138 valence electrons. The lowest BCUT2D eigenvalue weighted by Crippen LogP contribution is -2.31. The molecular formula is C21H25NO4. The number of nitrogens with zero attached hydrogens (tertiary/aromatic N) is 1. The van der Waals surface area contributed by atoms with Crippen molar-refractivity contribution in [1.82, 2.24) is 4.90 Å². The van der Waals surface area contributed by atoms with Crippen LogP contribution in [-0.2, 0) is 17.6 Å². The van der Waals surface area contributed by atoms with Crippen molar-refractivity contribution in [3.8, 4) is 17.2 Å². The summed E-state index contributed by atoms with van der Waals surface area (Å²) in [4.78, 5) is 14.8. The third-order valence-corrected chi connectivity index (χ3v) is 5.09. The molecule has 0 saturated heterocycles. The van der Waals surface area contributed by atoms with Crippen molar-refractivity contribution in [3.05, 3.63) is 53.1 Å². The van der Waals surface area contributed by atoms with Gasteiger partial charge in [-0.2, -0.15) is 0 Å². The molecule has 3 rings (SSSR count). The Morgan fingerprint density at radius 2 is 1.77 bits per heavy atom. The number of aryl methyl sites for hydroxylation is 1. The number of amides is 1. The molecule has 0 unspecified atom stereocenters. The summed E-state index contributed by atoms with van der Waals surface area (Å²) < 4.78 is 16.2. The van der Waals surface area contributed by atoms with E-state index >= 15 is 0 Å². The van der Waals surface area contributed by atoms with Crippen molar-refractivity contribution in [2.45, 2.75) is 25.3 Å². The molecule has 0 aromatic heterocycles. The third kappa shape index (κ3) is 3.21. The molecule has 0 aliphatic heterocycles. The first kappa shape index (κ1) is 18.1. The molecule has 0 bridgehead atoms. The Bertz CT molecular complexity index is 803. The highest BCUT2D eigenvalue weighted by molar-refractivity contribution is 5.80. The van der Waals surface area contributed by atoms with Crippen molar-refractivity contribution < 1.29 is 19.0 Å². The smallest absolute Gasteiger partial charge is 0.227 e. The molecule has 1 atom stereocenters. The summed E-state index contributed by atoms with van der Waals surface area (Å²) >= 11 is 0. The Hall–Kier alpha value is -2.69. The molecule has 2 aromatic carbocycles. The summed E-state index contributed by atoms with van der Waals surface area (Å²) in [6.45, 7) is 0. The lowest BCUT2D eigenvalue weighted by molar-refractivity contribution is -0.131. The van der Waals surface area contributed by atoms with Gasteiger partial charge in [-0.05, 0) is 30.0 Å². The average Bonchev–Trinajstić information content (AvgIpc) is 3.10. The Morgan fingerprint density at radius 1 is 1.04 bits per heavy atom. The minimum absolute atomic E-state index is 0.0530. The molecule has 0 spiro atoms. The van der Waals surface area contributed by atoms with Crippen LogP contribution in [0.1, 0.15) is 29.2 Å². The number of fused-ring (bicyclic) bond motifs is 1. The predicted octanol–water partition coefficient (Wildman–Crippen LogP) is 3.40. The number of rotatable bonds is 6. The van der Waals surface area contributed by atoms with Crippen LogP contribution in [0.25, 0.3) is 0 Å². The van der Waals surface area contributed by atoms with E-state index in [0.717, 1.165) is 18.4 Å². The fourth-order valence-corrected chi connectivity index (χ4v) is 3.70. The minimum Gasteiger partial charge on any atom is -0.493 e. The van der Waals surface area contributed by atoms with Crippen LogP contribution in [0.4, 0.5) is 0 Å². The van der Waals surface area contributed by atoms with E-state index in [-0.39, 0.29) is 18.4 Å². The normalized spacial score (nSPS) is 15.3. The van der Waals surface area contributed by atoms with Crippen LogP contribution in [0.2, 0.25) is 0 Å². The van der Waals surface area contributed by atoms with Crippen molar-refractivity contribution in [1.29, 1.82) is 0 Å². The van der Waals surface area contributed by atoms with Gasteiger partial charge in [0.15, 0.2) is 11.5 Å². The zero-order valence-corrected chi connectivity index (χ0v) is 15.7. The Balaban J connectivity index is 1.82. The van der Waals surface area contributed by atoms with Crippen LogP contribution in [0.15, 0.2) is 36.4 Å². The maximum atomic E-state index is 12.9. The lowest BCUT2D eigenvalue weighted by atomic mass is 10.0. The van der Waals surface area contributed by atoms with Crippen LogP contribution in [-0.4, -0.2) is 39.2 Å². The zero-order valence-electron chi connectivity index (χ0n) is 15.7. The minimum atomic E-state index is 0.0530. The first-order valence-corrected chi connectivity index (χ1v) is 8.72. The van der Waals surface area contributed by atoms with E-state index in [2.05, 4.69) is 18.2 Å². The molecule has 0 saturated carbocycles. The average molecular weight is 355 g/mol. The first-order valence-electron chi connectivity index (χ1n) is 8.72. The van der Waals surface area contributed by atoms with E-state index < -0.39 is 0 Å². The highest BCUT2D eigenvalue weighted by atomic mass is 16.5. The molecule has 1 amide bonds. The number of likely N-dealkylation sites (N-methyl/N-ethyl adjacent to an activating group) is 1. The van der Waals surface area contributed by atoms with Crippen molar-refractivity contribution in [2.24, 2.45) is 0 Å². The quantitative estimate of drug-likeness (QED) is 0.797. The largest absolute Gasteiger partial charge is 0.493 e. The number of benzene rings is 2. The molecule has 0 fully saturated rings. The molecular weight excluding hydrogens is 330 g/mol. The molecule has 0 heterocycles. The molecule has 0 N–H and O–H groups in total. The number of hydrogen-bond acceptors (Lipinski definition) is 4. The zero-order chi connectivity index (χ0) is 18.7. The third-order valence-electron chi connectivity index (χ3n) is 5.09. The Kier molecular flexibility index (Phi) is 5.35. The fraction of sp³-hybridized carbons (Fsp3) is 0.381. The van der Waals surface area contributed by atoms with Crippen LogP contribution < -0.4 is 14.2 Å². The van der Waals surface area contributed by atoms with Gasteiger partial charge in [-0.3, -0.25) is 4.79 Å². The van der Waals surface area contributed by atoms with E-state index in [4.69, 9.17) is 14.2 Å². The Morgan fingerprint density at radius 3 is 2.46 bits per heavy atom. The number of hydrogen-bond donors (Lipinski definition) is 0. The second kappa shape index (κ2) is 7.68. The second-order valence-corrected chi connectivity index (χ2v) is 6.43. The van der Waals surface area contributed by atoms with E-state index in [1.54, 1.807) is 27.4 Å². The number of carbonyl (C=O) groups is 1. The number of ether oxygens (including phenoxy) is 3. The summed E-state index contributed by atoms with van der Waals surface area (Å²) in [6.07, 6.45) is 2.22. The van der Waals surface area contributed by atoms with E-state index in [0.29, 0.717) is 17.2 Å². The van der Waals surface area contributed by atoms with Crippen LogP contribution in [0.5, 0.6) is 17.2 Å². The van der Waals surface area contributed by atoms with E-state index in [1.165, 1.54) is 11.1 Å². The van der Waals surface area contributed by atoms with Crippen LogP contribution >= 0.6 is 0 Å². The summed E-state index contributed by atoms with van der Waals surface area (Å²) in [5.74, 6) is 1.69. The summed E-state index contributed by atoms with van der Waals surface area (Å²) in [5, 5.41) is 0. The van der Waals surface area contributed by atoms with Gasteiger partial charge in [0.2, 0.25) is 11.7 Å². The van der Waals surface area contributed by atoms with Gasteiger partial charge in [0.05, 0.1) is 33.8 Å². The van der Waals surface area contributed by atoms with Crippen LogP contribution in [0, 0.1) is 0 Å². The molecule has 0 radical (unpaired) electrons. The first-order chi connectivity index (χ1) is 12.6. The highest BCUT2D eigenvalue weighted by Gasteiger charge is 2.29. The van der Waals surface area contributed by atoms with Gasteiger partial charge in [-0.25, -0.2) is 0 Å². The predicted molar refractivity (Wildman–Crippen MR) is 100 cm³/mol. The summed E-state index contributed by atoms with van der Waals surface area (Å²) in [7, 11) is 6.59. The van der Waals surface area contributed by atoms with E-state index in [9.17, 15) is 4.79 Å². The lowest BCUT2D eigenvalue weighted by Gasteiger charge is -2.26. The molecule has 5 heteroatoms. The fourth-order valence-electron chi connectivity index (χ4n) is 3.70. The summed E-state index contributed by atoms with van der Waals surface area (Å²) in [5.41, 5.74) is 3.37. The number of carbonyl (C=O) groups excluding carboxylic acids is 1. The van der Waals surface area contributed by atoms with Crippen LogP contribution in [0.3, 0.4) is 0 Å². The molecule has 1 aliphatic carbocycles. The van der Waals surface area contributed by atoms with Gasteiger partial charge in [0.25, 0.3) is 0 Å². The van der Waals surface area contributed by atoms with Gasteiger partial charge in [-0.15, -0.1) is 0 Å². The highest BCUT2D eigenvalue weighted by Crippen LogP contribution is 2.40. The molecule has 2 aromatic rings. The standard InChI is InChI=1S/C21H25NO4/c1-22(17-11-9-14-7-5-6-8-16(14)17)19(23)13-15-10-12-18(24-2)21(26-4)20(15)25-3/h5-8,10,12,17H,9,11,13H2,1-4H3/t17-/m0/s1. The van der Waals surface area contributed by atoms with Crippen molar-refractivity contribution in [2.75, 3.05) is 28.4 Å². The maximum absolute atomic E-state index is 12.9. The molecule has 5 nitrogen and oxygen atoms in total. The van der Waals surface area contributed by atoms with Gasteiger partial charge in [-0.1, -0.05) is 30.3 Å². The maximum Gasteiger partial charge on any atom is 0.227 e. The van der Waals surface area contributed by atoms with Gasteiger partial charge >= 0.3 is 0 Å². The van der Waals surface area contributed by atoms with Crippen molar-refractivity contribution >= 4 is 5.91 Å². The SMILES string of the molecule is COc1ccc(CC(=O)N(C)[C@H]2CCc3ccccc32)c(OC)c1OC. The van der Waals surface area contributed by atoms with E-state index in [1.807, 2.05) is 24.1 Å². The Labute approximate surface area is 154 Å². The molecule has 26 heavy (non-hydrogen) atoms.